The molecule has 1 aliphatic heterocycles. The fourth-order valence-corrected chi connectivity index (χ4v) is 4.52. The average Bonchev–Trinajstić information content (AvgIpc) is 3.25. The van der Waals surface area contributed by atoms with Crippen LogP contribution in [0, 0.1) is 0 Å². The Kier molecular flexibility index (Phi) is 5.28. The number of aliphatic hydroxyl groups is 1. The van der Waals surface area contributed by atoms with Gasteiger partial charge in [-0.25, -0.2) is 0 Å². The van der Waals surface area contributed by atoms with E-state index in [9.17, 15) is 9.90 Å². The highest BCUT2D eigenvalue weighted by Gasteiger charge is 2.30. The van der Waals surface area contributed by atoms with Gasteiger partial charge in [-0.3, -0.25) is 4.79 Å². The third-order valence-electron chi connectivity index (χ3n) is 4.27. The second kappa shape index (κ2) is 7.40. The molecule has 0 bridgehead atoms. The molecule has 1 fully saturated rings. The summed E-state index contributed by atoms with van der Waals surface area (Å²) in [4.78, 5) is 15.5. The highest BCUT2D eigenvalue weighted by Crippen LogP contribution is 2.30. The molecule has 0 unspecified atom stereocenters. The number of thiophene rings is 2. The van der Waals surface area contributed by atoms with E-state index in [1.54, 1.807) is 22.7 Å². The van der Waals surface area contributed by atoms with Gasteiger partial charge >= 0.3 is 0 Å². The lowest BCUT2D eigenvalue weighted by atomic mass is 10.1. The van der Waals surface area contributed by atoms with Crippen molar-refractivity contribution in [3.63, 3.8) is 0 Å². The Hall–Kier alpha value is -1.17. The molecule has 3 nitrogen and oxygen atoms in total. The maximum Gasteiger partial charge on any atom is 0.223 e. The first-order chi connectivity index (χ1) is 10.7. The molecule has 0 saturated carbocycles. The maximum absolute atomic E-state index is 12.5. The molecule has 1 aliphatic rings. The normalized spacial score (nSPS) is 19.5. The first-order valence-corrected chi connectivity index (χ1v) is 9.58. The Balaban J connectivity index is 1.54. The summed E-state index contributed by atoms with van der Waals surface area (Å²) in [6.45, 7) is 0.838. The van der Waals surface area contributed by atoms with Crippen molar-refractivity contribution >= 4 is 28.6 Å². The standard InChI is InChI=1S/C17H21NO2S2/c19-15(16-4-2-9-22-16)11-14-3-1-8-18(14)17(20)6-5-13-7-10-21-12-13/h2,4,7,9-10,12,14-15,19H,1,3,5-6,8,11H2/t14-,15-/m0/s1. The number of amides is 1. The van der Waals surface area contributed by atoms with Gasteiger partial charge in [-0.1, -0.05) is 6.07 Å². The first-order valence-electron chi connectivity index (χ1n) is 7.76. The highest BCUT2D eigenvalue weighted by atomic mass is 32.1. The van der Waals surface area contributed by atoms with Crippen LogP contribution in [0.2, 0.25) is 0 Å². The molecule has 2 aromatic rings. The smallest absolute Gasteiger partial charge is 0.223 e. The van der Waals surface area contributed by atoms with Crippen molar-refractivity contribution in [1.82, 2.24) is 4.90 Å². The van der Waals surface area contributed by atoms with Gasteiger partial charge < -0.3 is 10.0 Å². The second-order valence-corrected chi connectivity index (χ2v) is 7.54. The minimum atomic E-state index is -0.449. The molecule has 5 heteroatoms. The number of likely N-dealkylation sites (tertiary alicyclic amines) is 1. The minimum absolute atomic E-state index is 0.187. The van der Waals surface area contributed by atoms with E-state index in [-0.39, 0.29) is 11.9 Å². The van der Waals surface area contributed by atoms with Crippen LogP contribution in [0.25, 0.3) is 0 Å². The zero-order valence-electron chi connectivity index (χ0n) is 12.5. The van der Waals surface area contributed by atoms with Crippen LogP contribution in [0.15, 0.2) is 34.3 Å². The third kappa shape index (κ3) is 3.77. The Labute approximate surface area is 139 Å². The molecule has 3 heterocycles. The number of nitrogens with zero attached hydrogens (tertiary/aromatic N) is 1. The van der Waals surface area contributed by atoms with Crippen molar-refractivity contribution in [1.29, 1.82) is 0 Å². The van der Waals surface area contributed by atoms with Crippen molar-refractivity contribution in [2.24, 2.45) is 0 Å². The molecule has 0 spiro atoms. The van der Waals surface area contributed by atoms with Crippen LogP contribution in [-0.4, -0.2) is 28.5 Å². The highest BCUT2D eigenvalue weighted by molar-refractivity contribution is 7.10. The Morgan fingerprint density at radius 3 is 3.05 bits per heavy atom. The zero-order valence-corrected chi connectivity index (χ0v) is 14.1. The maximum atomic E-state index is 12.5. The van der Waals surface area contributed by atoms with E-state index < -0.39 is 6.10 Å². The largest absolute Gasteiger partial charge is 0.387 e. The zero-order chi connectivity index (χ0) is 15.4. The molecule has 0 radical (unpaired) electrons. The van der Waals surface area contributed by atoms with Crippen molar-refractivity contribution in [2.75, 3.05) is 6.54 Å². The molecule has 1 amide bonds. The SMILES string of the molecule is O=C(CCc1ccsc1)N1CCC[C@H]1C[C@H](O)c1cccs1. The third-order valence-corrected chi connectivity index (χ3v) is 5.98. The lowest BCUT2D eigenvalue weighted by Crippen LogP contribution is -2.36. The lowest BCUT2D eigenvalue weighted by molar-refractivity contribution is -0.132. The Bertz CT molecular complexity index is 580. The van der Waals surface area contributed by atoms with Gasteiger partial charge in [-0.05, 0) is 59.5 Å². The molecular formula is C17H21NO2S2. The van der Waals surface area contributed by atoms with Crippen LogP contribution >= 0.6 is 22.7 Å². The molecule has 1 N–H and O–H groups in total. The monoisotopic (exact) mass is 335 g/mol. The predicted molar refractivity (Wildman–Crippen MR) is 91.3 cm³/mol. The number of hydrogen-bond acceptors (Lipinski definition) is 4. The summed E-state index contributed by atoms with van der Waals surface area (Å²) in [5, 5.41) is 16.5. The van der Waals surface area contributed by atoms with Crippen LogP contribution in [0.1, 0.15) is 42.2 Å². The number of hydrogen-bond donors (Lipinski definition) is 1. The first kappa shape index (κ1) is 15.7. The summed E-state index contributed by atoms with van der Waals surface area (Å²) in [6, 6.07) is 6.20. The summed E-state index contributed by atoms with van der Waals surface area (Å²) in [7, 11) is 0. The molecule has 3 rings (SSSR count). The number of carbonyl (C=O) groups excluding carboxylic acids is 1. The molecule has 2 aromatic heterocycles. The van der Waals surface area contributed by atoms with Gasteiger partial charge in [-0.2, -0.15) is 11.3 Å². The van der Waals surface area contributed by atoms with Crippen LogP contribution in [-0.2, 0) is 11.2 Å². The van der Waals surface area contributed by atoms with E-state index >= 15 is 0 Å². The fourth-order valence-electron chi connectivity index (χ4n) is 3.09. The molecule has 118 valence electrons. The van der Waals surface area contributed by atoms with Crippen LogP contribution in [0.3, 0.4) is 0 Å². The number of rotatable bonds is 6. The van der Waals surface area contributed by atoms with Crippen molar-refractivity contribution in [3.05, 3.63) is 44.8 Å². The van der Waals surface area contributed by atoms with Crippen molar-refractivity contribution < 1.29 is 9.90 Å². The van der Waals surface area contributed by atoms with E-state index in [0.29, 0.717) is 12.8 Å². The number of aliphatic hydroxyl groups excluding tert-OH is 1. The Morgan fingerprint density at radius 1 is 1.41 bits per heavy atom. The topological polar surface area (TPSA) is 40.5 Å². The van der Waals surface area contributed by atoms with Gasteiger partial charge in [0.05, 0.1) is 6.10 Å². The summed E-state index contributed by atoms with van der Waals surface area (Å²) in [5.41, 5.74) is 1.24. The summed E-state index contributed by atoms with van der Waals surface area (Å²) < 4.78 is 0. The molecule has 0 aromatic carbocycles. The minimum Gasteiger partial charge on any atom is -0.387 e. The van der Waals surface area contributed by atoms with E-state index in [1.807, 2.05) is 22.4 Å². The van der Waals surface area contributed by atoms with E-state index in [4.69, 9.17) is 0 Å². The number of carbonyl (C=O) groups is 1. The van der Waals surface area contributed by atoms with Crippen LogP contribution in [0.4, 0.5) is 0 Å². The van der Waals surface area contributed by atoms with Gasteiger partial charge in [0, 0.05) is 23.9 Å². The Morgan fingerprint density at radius 2 is 2.32 bits per heavy atom. The van der Waals surface area contributed by atoms with E-state index in [0.717, 1.165) is 30.7 Å². The van der Waals surface area contributed by atoms with E-state index in [2.05, 4.69) is 16.8 Å². The van der Waals surface area contributed by atoms with Gasteiger partial charge in [-0.15, -0.1) is 11.3 Å². The van der Waals surface area contributed by atoms with Crippen LogP contribution in [0.5, 0.6) is 0 Å². The van der Waals surface area contributed by atoms with Gasteiger partial charge in [0.2, 0.25) is 5.91 Å². The lowest BCUT2D eigenvalue weighted by Gasteiger charge is -2.26. The molecule has 1 saturated heterocycles. The quantitative estimate of drug-likeness (QED) is 0.871. The van der Waals surface area contributed by atoms with Gasteiger partial charge in [0.1, 0.15) is 0 Å². The van der Waals surface area contributed by atoms with E-state index in [1.165, 1.54) is 5.56 Å². The average molecular weight is 335 g/mol. The summed E-state index contributed by atoms with van der Waals surface area (Å²) >= 11 is 3.25. The predicted octanol–water partition coefficient (Wildman–Crippen LogP) is 3.86. The van der Waals surface area contributed by atoms with Gasteiger partial charge in [0.15, 0.2) is 0 Å². The summed E-state index contributed by atoms with van der Waals surface area (Å²) in [6.07, 6.45) is 3.65. The second-order valence-electron chi connectivity index (χ2n) is 5.78. The molecule has 22 heavy (non-hydrogen) atoms. The van der Waals surface area contributed by atoms with Crippen LogP contribution < -0.4 is 0 Å². The van der Waals surface area contributed by atoms with Crippen molar-refractivity contribution in [3.8, 4) is 0 Å². The fraction of sp³-hybridized carbons (Fsp3) is 0.471. The number of aryl methyl sites for hydroxylation is 1. The molecule has 2 atom stereocenters. The summed E-state index contributed by atoms with van der Waals surface area (Å²) in [5.74, 6) is 0.229. The van der Waals surface area contributed by atoms with Crippen molar-refractivity contribution in [2.45, 2.75) is 44.2 Å². The molecule has 0 aliphatic carbocycles. The van der Waals surface area contributed by atoms with Gasteiger partial charge in [0.25, 0.3) is 0 Å². The molecular weight excluding hydrogens is 314 g/mol.